The molecule has 0 aliphatic rings. The zero-order valence-corrected chi connectivity index (χ0v) is 20.0. The van der Waals surface area contributed by atoms with Gasteiger partial charge in [0, 0.05) is 11.3 Å². The van der Waals surface area contributed by atoms with Crippen LogP contribution in [0.2, 0.25) is 0 Å². The molecule has 0 aliphatic heterocycles. The van der Waals surface area contributed by atoms with Crippen LogP contribution in [0.1, 0.15) is 17.3 Å². The second-order valence-corrected chi connectivity index (χ2v) is 9.16. The molecule has 4 N–H and O–H groups in total. The summed E-state index contributed by atoms with van der Waals surface area (Å²) in [6.07, 6.45) is 1.50. The Labute approximate surface area is 207 Å². The van der Waals surface area contributed by atoms with Crippen LogP contribution in [-0.2, 0) is 14.8 Å². The molecule has 0 saturated heterocycles. The summed E-state index contributed by atoms with van der Waals surface area (Å²) in [7, 11) is -3.84. The van der Waals surface area contributed by atoms with Crippen molar-refractivity contribution >= 4 is 33.4 Å². The van der Waals surface area contributed by atoms with Crippen molar-refractivity contribution in [2.45, 2.75) is 11.8 Å². The van der Waals surface area contributed by atoms with Gasteiger partial charge >= 0.3 is 12.0 Å². The lowest BCUT2D eigenvalue weighted by Gasteiger charge is -2.12. The Morgan fingerprint density at radius 1 is 0.944 bits per heavy atom. The van der Waals surface area contributed by atoms with Gasteiger partial charge in [0.15, 0.2) is 0 Å². The van der Waals surface area contributed by atoms with Gasteiger partial charge < -0.3 is 15.4 Å². The molecule has 0 bridgehead atoms. The van der Waals surface area contributed by atoms with Crippen molar-refractivity contribution in [3.8, 4) is 16.9 Å². The number of amides is 2. The van der Waals surface area contributed by atoms with Gasteiger partial charge in [-0.25, -0.2) is 27.8 Å². The Hall–Kier alpha value is -4.48. The molecule has 0 unspecified atom stereocenters. The van der Waals surface area contributed by atoms with Gasteiger partial charge in [-0.3, -0.25) is 0 Å². The second kappa shape index (κ2) is 10.4. The number of ether oxygens (including phenoxy) is 1. The summed E-state index contributed by atoms with van der Waals surface area (Å²) in [5.74, 6) is -0.439. The van der Waals surface area contributed by atoms with E-state index in [9.17, 15) is 18.0 Å². The average Bonchev–Trinajstić information content (AvgIpc) is 3.28. The third kappa shape index (κ3) is 5.59. The largest absolute Gasteiger partial charge is 0.462 e. The minimum Gasteiger partial charge on any atom is -0.462 e. The molecule has 184 valence electrons. The molecule has 2 amide bonds. The van der Waals surface area contributed by atoms with Crippen LogP contribution in [0, 0.1) is 0 Å². The van der Waals surface area contributed by atoms with Crippen LogP contribution in [0.4, 0.5) is 16.2 Å². The fourth-order valence-corrected chi connectivity index (χ4v) is 3.99. The fourth-order valence-electron chi connectivity index (χ4n) is 3.48. The molecular weight excluding hydrogens is 482 g/mol. The van der Waals surface area contributed by atoms with Crippen LogP contribution in [0.3, 0.4) is 0 Å². The van der Waals surface area contributed by atoms with E-state index in [1.165, 1.54) is 18.3 Å². The second-order valence-electron chi connectivity index (χ2n) is 7.60. The van der Waals surface area contributed by atoms with Gasteiger partial charge in [0.25, 0.3) is 0 Å². The molecule has 11 heteroatoms. The van der Waals surface area contributed by atoms with Gasteiger partial charge in [0.1, 0.15) is 0 Å². The number of sulfonamides is 1. The van der Waals surface area contributed by atoms with Gasteiger partial charge in [-0.05, 0) is 55.5 Å². The molecule has 3 aromatic carbocycles. The number of rotatable bonds is 7. The molecule has 4 aromatic rings. The Kier molecular flexibility index (Phi) is 7.13. The van der Waals surface area contributed by atoms with E-state index in [-0.39, 0.29) is 11.5 Å². The zero-order valence-electron chi connectivity index (χ0n) is 19.2. The summed E-state index contributed by atoms with van der Waals surface area (Å²) in [6.45, 7) is 2.00. The summed E-state index contributed by atoms with van der Waals surface area (Å²) < 4.78 is 29.8. The van der Waals surface area contributed by atoms with Gasteiger partial charge in [0.05, 0.1) is 40.3 Å². The number of hydrogen-bond donors (Lipinski definition) is 3. The van der Waals surface area contributed by atoms with Crippen molar-refractivity contribution in [1.82, 2.24) is 9.78 Å². The molecule has 36 heavy (non-hydrogen) atoms. The normalized spacial score (nSPS) is 11.1. The molecule has 0 aliphatic carbocycles. The number of urea groups is 1. The number of nitrogens with one attached hydrogen (secondary N) is 2. The average molecular weight is 506 g/mol. The van der Waals surface area contributed by atoms with Crippen molar-refractivity contribution in [1.29, 1.82) is 0 Å². The first-order valence-electron chi connectivity index (χ1n) is 10.9. The van der Waals surface area contributed by atoms with Crippen LogP contribution >= 0.6 is 0 Å². The quantitative estimate of drug-likeness (QED) is 0.324. The minimum absolute atomic E-state index is 0.0219. The Bertz CT molecular complexity index is 1480. The SMILES string of the molecule is CCOC(=O)c1ccc(NC(=O)Nc2cnn(-c3ccc(S(N)(=O)=O)cc3)c2-c2ccccc2)cc1. The first-order valence-corrected chi connectivity index (χ1v) is 12.4. The maximum atomic E-state index is 12.8. The van der Waals surface area contributed by atoms with E-state index in [1.807, 2.05) is 30.3 Å². The lowest BCUT2D eigenvalue weighted by molar-refractivity contribution is 0.0526. The maximum absolute atomic E-state index is 12.8. The molecular formula is C25H23N5O5S. The van der Waals surface area contributed by atoms with Crippen molar-refractivity contribution in [3.05, 3.63) is 90.6 Å². The molecule has 0 radical (unpaired) electrons. The predicted molar refractivity (Wildman–Crippen MR) is 135 cm³/mol. The van der Waals surface area contributed by atoms with E-state index >= 15 is 0 Å². The summed E-state index contributed by atoms with van der Waals surface area (Å²) >= 11 is 0. The molecule has 4 rings (SSSR count). The Balaban J connectivity index is 1.60. The van der Waals surface area contributed by atoms with Gasteiger partial charge in [-0.2, -0.15) is 5.10 Å². The van der Waals surface area contributed by atoms with E-state index in [0.29, 0.717) is 28.3 Å². The van der Waals surface area contributed by atoms with Crippen LogP contribution < -0.4 is 15.8 Å². The first-order chi connectivity index (χ1) is 17.3. The number of nitrogens with two attached hydrogens (primary N) is 1. The van der Waals surface area contributed by atoms with Crippen molar-refractivity contribution < 1.29 is 22.7 Å². The Morgan fingerprint density at radius 3 is 2.22 bits per heavy atom. The van der Waals surface area contributed by atoms with Gasteiger partial charge in [-0.15, -0.1) is 0 Å². The standard InChI is InChI=1S/C25H23N5O5S/c1-2-35-24(31)18-8-10-19(11-9-18)28-25(32)29-22-16-27-30(23(22)17-6-4-3-5-7-17)20-12-14-21(15-13-20)36(26,33)34/h3-16H,2H2,1H3,(H2,26,33,34)(H2,28,29,32). The van der Waals surface area contributed by atoms with Crippen LogP contribution in [-0.4, -0.2) is 36.8 Å². The third-order valence-electron chi connectivity index (χ3n) is 5.13. The monoisotopic (exact) mass is 505 g/mol. The summed E-state index contributed by atoms with van der Waals surface area (Å²) in [5.41, 5.74) is 3.23. The van der Waals surface area contributed by atoms with Gasteiger partial charge in [0.2, 0.25) is 10.0 Å². The topological polar surface area (TPSA) is 145 Å². The number of aromatic nitrogens is 2. The number of nitrogens with zero attached hydrogens (tertiary/aromatic N) is 2. The van der Waals surface area contributed by atoms with Crippen LogP contribution in [0.15, 0.2) is 90.0 Å². The molecule has 1 aromatic heterocycles. The predicted octanol–water partition coefficient (Wildman–Crippen LogP) is 4.01. The van der Waals surface area contributed by atoms with Crippen molar-refractivity contribution in [3.63, 3.8) is 0 Å². The van der Waals surface area contributed by atoms with E-state index in [0.717, 1.165) is 5.56 Å². The highest BCUT2D eigenvalue weighted by molar-refractivity contribution is 7.89. The number of carbonyl (C=O) groups excluding carboxylic acids is 2. The summed E-state index contributed by atoms with van der Waals surface area (Å²) in [4.78, 5) is 24.5. The zero-order chi connectivity index (χ0) is 25.7. The van der Waals surface area contributed by atoms with Gasteiger partial charge in [-0.1, -0.05) is 30.3 Å². The first kappa shape index (κ1) is 24.6. The van der Waals surface area contributed by atoms with E-state index in [1.54, 1.807) is 48.0 Å². The summed E-state index contributed by atoms with van der Waals surface area (Å²) in [5, 5.41) is 15.1. The smallest absolute Gasteiger partial charge is 0.338 e. The molecule has 0 atom stereocenters. The van der Waals surface area contributed by atoms with Crippen LogP contribution in [0.5, 0.6) is 0 Å². The number of primary sulfonamides is 1. The summed E-state index contributed by atoms with van der Waals surface area (Å²) in [6, 6.07) is 21.0. The number of hydrogen-bond acceptors (Lipinski definition) is 6. The fraction of sp³-hybridized carbons (Fsp3) is 0.0800. The number of esters is 1. The molecule has 0 saturated carbocycles. The molecule has 1 heterocycles. The number of benzene rings is 3. The van der Waals surface area contributed by atoms with E-state index < -0.39 is 22.0 Å². The number of anilines is 2. The van der Waals surface area contributed by atoms with E-state index in [2.05, 4.69) is 15.7 Å². The van der Waals surface area contributed by atoms with Crippen molar-refractivity contribution in [2.24, 2.45) is 5.14 Å². The van der Waals surface area contributed by atoms with E-state index in [4.69, 9.17) is 9.88 Å². The maximum Gasteiger partial charge on any atom is 0.338 e. The number of carbonyl (C=O) groups is 2. The van der Waals surface area contributed by atoms with Crippen molar-refractivity contribution in [2.75, 3.05) is 17.2 Å². The lowest BCUT2D eigenvalue weighted by atomic mass is 10.1. The highest BCUT2D eigenvalue weighted by Gasteiger charge is 2.17. The highest BCUT2D eigenvalue weighted by Crippen LogP contribution is 2.31. The lowest BCUT2D eigenvalue weighted by Crippen LogP contribution is -2.19. The molecule has 0 fully saturated rings. The third-order valence-corrected chi connectivity index (χ3v) is 6.06. The Morgan fingerprint density at radius 2 is 1.61 bits per heavy atom. The highest BCUT2D eigenvalue weighted by atomic mass is 32.2. The molecule has 10 nitrogen and oxygen atoms in total. The minimum atomic E-state index is -3.84. The molecule has 0 spiro atoms. The van der Waals surface area contributed by atoms with Crippen LogP contribution in [0.25, 0.3) is 16.9 Å².